The number of rotatable bonds is 4. The van der Waals surface area contributed by atoms with Gasteiger partial charge in [0.25, 0.3) is 0 Å². The van der Waals surface area contributed by atoms with Crippen LogP contribution in [-0.4, -0.2) is 12.6 Å². The predicted octanol–water partition coefficient (Wildman–Crippen LogP) is 1.90. The highest BCUT2D eigenvalue weighted by Crippen LogP contribution is 2.14. The number of nitrogens with zero attached hydrogens (tertiary/aromatic N) is 1. The molecule has 4 heteroatoms. The minimum absolute atomic E-state index is 0.334. The summed E-state index contributed by atoms with van der Waals surface area (Å²) in [5, 5.41) is 8.49. The third kappa shape index (κ3) is 3.28. The zero-order valence-corrected chi connectivity index (χ0v) is 9.19. The lowest BCUT2D eigenvalue weighted by Gasteiger charge is -2.05. The van der Waals surface area contributed by atoms with Gasteiger partial charge in [0, 0.05) is 12.1 Å². The summed E-state index contributed by atoms with van der Waals surface area (Å²) in [6.45, 7) is 2.09. The predicted molar refractivity (Wildman–Crippen MR) is 60.7 cm³/mol. The second-order valence-corrected chi connectivity index (χ2v) is 3.34. The van der Waals surface area contributed by atoms with E-state index in [0.29, 0.717) is 30.7 Å². The summed E-state index contributed by atoms with van der Waals surface area (Å²) in [4.78, 5) is 11.5. The van der Waals surface area contributed by atoms with E-state index in [1.807, 2.05) is 0 Å². The maximum Gasteiger partial charge on any atom is 0.338 e. The number of benzene rings is 1. The van der Waals surface area contributed by atoms with Gasteiger partial charge in [0.1, 0.15) is 0 Å². The number of carbonyl (C=O) groups excluding carboxylic acids is 1. The Kier molecular flexibility index (Phi) is 4.34. The first-order valence-electron chi connectivity index (χ1n) is 5.11. The van der Waals surface area contributed by atoms with E-state index in [-0.39, 0.29) is 5.97 Å². The Balaban J connectivity index is 2.90. The van der Waals surface area contributed by atoms with Crippen molar-refractivity contribution in [3.63, 3.8) is 0 Å². The van der Waals surface area contributed by atoms with Gasteiger partial charge in [-0.3, -0.25) is 0 Å². The molecule has 2 N–H and O–H groups in total. The van der Waals surface area contributed by atoms with E-state index in [2.05, 4.69) is 6.07 Å². The zero-order valence-electron chi connectivity index (χ0n) is 9.19. The van der Waals surface area contributed by atoms with E-state index < -0.39 is 0 Å². The second-order valence-electron chi connectivity index (χ2n) is 3.34. The first-order chi connectivity index (χ1) is 7.67. The molecular weight excluding hydrogens is 204 g/mol. The third-order valence-corrected chi connectivity index (χ3v) is 2.05. The minimum Gasteiger partial charge on any atom is -0.462 e. The largest absolute Gasteiger partial charge is 0.462 e. The molecule has 0 aromatic heterocycles. The molecule has 1 rings (SSSR count). The fourth-order valence-electron chi connectivity index (χ4n) is 1.40. The van der Waals surface area contributed by atoms with E-state index in [0.717, 1.165) is 5.56 Å². The molecular formula is C12H14N2O2. The average Bonchev–Trinajstić information content (AvgIpc) is 2.26. The lowest BCUT2D eigenvalue weighted by molar-refractivity contribution is 0.0526. The molecule has 0 aliphatic carbocycles. The van der Waals surface area contributed by atoms with Gasteiger partial charge in [-0.05, 0) is 37.1 Å². The normalized spacial score (nSPS) is 9.50. The molecule has 0 radical (unpaired) electrons. The monoisotopic (exact) mass is 218 g/mol. The Morgan fingerprint density at radius 3 is 2.88 bits per heavy atom. The highest BCUT2D eigenvalue weighted by atomic mass is 16.5. The van der Waals surface area contributed by atoms with Gasteiger partial charge in [-0.1, -0.05) is 0 Å². The number of ether oxygens (including phenoxy) is 1. The zero-order chi connectivity index (χ0) is 12.0. The number of nitriles is 1. The van der Waals surface area contributed by atoms with Crippen molar-refractivity contribution in [2.75, 3.05) is 12.3 Å². The maximum atomic E-state index is 11.5. The van der Waals surface area contributed by atoms with Crippen molar-refractivity contribution in [1.29, 1.82) is 5.26 Å². The van der Waals surface area contributed by atoms with Gasteiger partial charge >= 0.3 is 5.97 Å². The van der Waals surface area contributed by atoms with Crippen LogP contribution in [0.15, 0.2) is 18.2 Å². The van der Waals surface area contributed by atoms with Gasteiger partial charge in [-0.15, -0.1) is 0 Å². The van der Waals surface area contributed by atoms with Crippen LogP contribution in [0.1, 0.15) is 29.3 Å². The summed E-state index contributed by atoms with van der Waals surface area (Å²) in [7, 11) is 0. The first-order valence-corrected chi connectivity index (χ1v) is 5.11. The molecule has 84 valence electrons. The molecule has 0 fully saturated rings. The Bertz CT molecular complexity index is 422. The first kappa shape index (κ1) is 12.1. The molecule has 1 aromatic rings. The van der Waals surface area contributed by atoms with E-state index in [4.69, 9.17) is 15.7 Å². The van der Waals surface area contributed by atoms with Crippen molar-refractivity contribution < 1.29 is 9.53 Å². The Hall–Kier alpha value is -2.02. The number of aryl methyl sites for hydroxylation is 1. The Morgan fingerprint density at radius 2 is 2.25 bits per heavy atom. The maximum absolute atomic E-state index is 11.5. The number of anilines is 1. The third-order valence-electron chi connectivity index (χ3n) is 2.05. The van der Waals surface area contributed by atoms with Crippen LogP contribution in [0.4, 0.5) is 5.69 Å². The minimum atomic E-state index is -0.381. The van der Waals surface area contributed by atoms with Crippen LogP contribution in [0.25, 0.3) is 0 Å². The van der Waals surface area contributed by atoms with Crippen LogP contribution in [0.5, 0.6) is 0 Å². The number of nitrogen functional groups attached to an aromatic ring is 1. The van der Waals surface area contributed by atoms with Gasteiger partial charge in [-0.25, -0.2) is 4.79 Å². The number of hydrogen-bond donors (Lipinski definition) is 1. The number of hydrogen-bond acceptors (Lipinski definition) is 4. The SMILES string of the molecule is CCOC(=O)c1cc(N)cc(CCC#N)c1. The topological polar surface area (TPSA) is 76.1 Å². The molecule has 0 heterocycles. The summed E-state index contributed by atoms with van der Waals surface area (Å²) >= 11 is 0. The Morgan fingerprint density at radius 1 is 1.50 bits per heavy atom. The smallest absolute Gasteiger partial charge is 0.338 e. The fraction of sp³-hybridized carbons (Fsp3) is 0.333. The van der Waals surface area contributed by atoms with Crippen LogP contribution in [0.2, 0.25) is 0 Å². The lowest BCUT2D eigenvalue weighted by atomic mass is 10.1. The molecule has 0 aliphatic rings. The lowest BCUT2D eigenvalue weighted by Crippen LogP contribution is -2.06. The fourth-order valence-corrected chi connectivity index (χ4v) is 1.40. The van der Waals surface area contributed by atoms with E-state index in [9.17, 15) is 4.79 Å². The van der Waals surface area contributed by atoms with Crippen molar-refractivity contribution in [1.82, 2.24) is 0 Å². The summed E-state index contributed by atoms with van der Waals surface area (Å²) < 4.78 is 4.88. The van der Waals surface area contributed by atoms with Crippen LogP contribution in [0.3, 0.4) is 0 Å². The Labute approximate surface area is 94.6 Å². The van der Waals surface area contributed by atoms with Crippen molar-refractivity contribution in [2.24, 2.45) is 0 Å². The molecule has 0 unspecified atom stereocenters. The van der Waals surface area contributed by atoms with Gasteiger partial charge < -0.3 is 10.5 Å². The molecule has 1 aromatic carbocycles. The number of esters is 1. The molecule has 4 nitrogen and oxygen atoms in total. The molecule has 0 spiro atoms. The van der Waals surface area contributed by atoms with Crippen LogP contribution in [0, 0.1) is 11.3 Å². The van der Waals surface area contributed by atoms with Crippen molar-refractivity contribution in [3.05, 3.63) is 29.3 Å². The van der Waals surface area contributed by atoms with Gasteiger partial charge in [0.2, 0.25) is 0 Å². The quantitative estimate of drug-likeness (QED) is 0.618. The summed E-state index contributed by atoms with van der Waals surface area (Å²) in [5.74, 6) is -0.381. The second kappa shape index (κ2) is 5.76. The molecule has 0 atom stereocenters. The summed E-state index contributed by atoms with van der Waals surface area (Å²) in [5.41, 5.74) is 7.51. The van der Waals surface area contributed by atoms with E-state index in [1.165, 1.54) is 0 Å². The van der Waals surface area contributed by atoms with Gasteiger partial charge in [0.15, 0.2) is 0 Å². The molecule has 0 amide bonds. The average molecular weight is 218 g/mol. The number of carbonyl (C=O) groups is 1. The highest BCUT2D eigenvalue weighted by molar-refractivity contribution is 5.90. The van der Waals surface area contributed by atoms with Gasteiger partial charge in [-0.2, -0.15) is 5.26 Å². The van der Waals surface area contributed by atoms with Crippen molar-refractivity contribution in [2.45, 2.75) is 19.8 Å². The van der Waals surface area contributed by atoms with E-state index >= 15 is 0 Å². The molecule has 0 aliphatic heterocycles. The molecule has 16 heavy (non-hydrogen) atoms. The standard InChI is InChI=1S/C12H14N2O2/c1-2-16-12(15)10-6-9(4-3-5-13)7-11(14)8-10/h6-8H,2-4,14H2,1H3. The van der Waals surface area contributed by atoms with Crippen LogP contribution >= 0.6 is 0 Å². The van der Waals surface area contributed by atoms with Crippen molar-refractivity contribution in [3.8, 4) is 6.07 Å². The molecule has 0 saturated heterocycles. The summed E-state index contributed by atoms with van der Waals surface area (Å²) in [6, 6.07) is 7.11. The van der Waals surface area contributed by atoms with Crippen molar-refractivity contribution >= 4 is 11.7 Å². The number of nitrogens with two attached hydrogens (primary N) is 1. The molecule has 0 bridgehead atoms. The van der Waals surface area contributed by atoms with E-state index in [1.54, 1.807) is 25.1 Å². The van der Waals surface area contributed by atoms with Crippen LogP contribution < -0.4 is 5.73 Å². The summed E-state index contributed by atoms with van der Waals surface area (Å²) in [6.07, 6.45) is 1.000. The van der Waals surface area contributed by atoms with Crippen LogP contribution in [-0.2, 0) is 11.2 Å². The highest BCUT2D eigenvalue weighted by Gasteiger charge is 2.08. The van der Waals surface area contributed by atoms with Gasteiger partial charge in [0.05, 0.1) is 18.2 Å². The molecule has 0 saturated carbocycles.